The molecule has 2 aromatic carbocycles. The predicted molar refractivity (Wildman–Crippen MR) is 170 cm³/mol. The van der Waals surface area contributed by atoms with E-state index in [0.29, 0.717) is 24.9 Å². The quantitative estimate of drug-likeness (QED) is 0.124. The molecule has 3 heterocycles. The van der Waals surface area contributed by atoms with Gasteiger partial charge in [0.05, 0.1) is 0 Å². The van der Waals surface area contributed by atoms with Crippen molar-refractivity contribution in [3.8, 4) is 5.75 Å². The molecule has 3 aliphatic heterocycles. The largest absolute Gasteiger partial charge is 0.488 e. The number of fused-ring (bicyclic) bond motifs is 1. The van der Waals surface area contributed by atoms with E-state index in [0.717, 1.165) is 92.3 Å². The number of allylic oxidation sites excluding steroid dienone is 1. The second-order valence-electron chi connectivity index (χ2n) is 13.8. The van der Waals surface area contributed by atoms with Crippen LogP contribution in [-0.4, -0.2) is 58.9 Å². The highest BCUT2D eigenvalue weighted by molar-refractivity contribution is 6.13. The van der Waals surface area contributed by atoms with Gasteiger partial charge in [0.2, 0.25) is 18.0 Å². The number of amides is 2. The molecule has 2 saturated heterocycles. The number of aryl methyl sites for hydroxylation is 1. The van der Waals surface area contributed by atoms with Crippen molar-refractivity contribution in [1.82, 2.24) is 4.90 Å². The molecule has 47 heavy (non-hydrogen) atoms. The molecule has 2 aromatic rings. The Morgan fingerprint density at radius 2 is 1.74 bits per heavy atom. The summed E-state index contributed by atoms with van der Waals surface area (Å²) in [6, 6.07) is 13.5. The molecule has 0 aromatic heterocycles. The van der Waals surface area contributed by atoms with Gasteiger partial charge in [-0.15, -0.1) is 4.91 Å². The van der Waals surface area contributed by atoms with Crippen molar-refractivity contribution >= 4 is 18.0 Å². The average molecular weight is 647 g/mol. The number of carbonyl (C=O) groups is 2. The number of hydrogen-bond acceptors (Lipinski definition) is 4. The summed E-state index contributed by atoms with van der Waals surface area (Å²) >= 11 is 0. The van der Waals surface area contributed by atoms with Crippen molar-refractivity contribution in [2.45, 2.75) is 95.0 Å². The highest BCUT2D eigenvalue weighted by Crippen LogP contribution is 2.48. The molecule has 3 fully saturated rings. The van der Waals surface area contributed by atoms with E-state index in [9.17, 15) is 27.7 Å². The molecule has 3 atom stereocenters. The molecular weight excluding hydrogens is 607 g/mol. The molecule has 7 nitrogen and oxygen atoms in total. The lowest BCUT2D eigenvalue weighted by Crippen LogP contribution is -2.38. The maximum Gasteiger partial charge on any atom is 0.420 e. The molecule has 10 heteroatoms. The van der Waals surface area contributed by atoms with E-state index in [2.05, 4.69) is 41.6 Å². The summed E-state index contributed by atoms with van der Waals surface area (Å²) in [4.78, 5) is 36.9. The Labute approximate surface area is 272 Å². The zero-order chi connectivity index (χ0) is 32.9. The van der Waals surface area contributed by atoms with E-state index in [1.165, 1.54) is 10.1 Å². The van der Waals surface area contributed by atoms with E-state index in [-0.39, 0.29) is 17.9 Å². The zero-order valence-corrected chi connectivity index (χ0v) is 26.5. The molecule has 0 bridgehead atoms. The third kappa shape index (κ3) is 6.43. The third-order valence-corrected chi connectivity index (χ3v) is 10.6. The van der Waals surface area contributed by atoms with Gasteiger partial charge in [0.25, 0.3) is 0 Å². The van der Waals surface area contributed by atoms with Crippen LogP contribution in [0.1, 0.15) is 85.5 Å². The first-order chi connectivity index (χ1) is 22.6. The molecule has 0 spiro atoms. The number of carbonyl (C=O) groups excluding carboxylic acids is 2. The average Bonchev–Trinajstić information content (AvgIpc) is 3.99. The molecule has 2 aliphatic carbocycles. The van der Waals surface area contributed by atoms with Crippen LogP contribution in [0.25, 0.3) is 0 Å². The van der Waals surface area contributed by atoms with Crippen LogP contribution in [0.2, 0.25) is 0 Å². The van der Waals surface area contributed by atoms with E-state index in [4.69, 9.17) is 4.74 Å². The Balaban J connectivity index is 0.966. The number of nitrogens with zero attached hydrogens (tertiary/aromatic N) is 3. The summed E-state index contributed by atoms with van der Waals surface area (Å²) in [5, 5.41) is 2.22. The van der Waals surface area contributed by atoms with Gasteiger partial charge >= 0.3 is 12.1 Å². The van der Waals surface area contributed by atoms with Gasteiger partial charge in [-0.3, -0.25) is 9.59 Å². The van der Waals surface area contributed by atoms with E-state index < -0.39 is 29.3 Å². The lowest BCUT2D eigenvalue weighted by atomic mass is 9.81. The van der Waals surface area contributed by atoms with Crippen LogP contribution >= 0.6 is 0 Å². The summed E-state index contributed by atoms with van der Waals surface area (Å²) in [6.07, 6.45) is 5.61. The first-order valence-corrected chi connectivity index (χ1v) is 16.7. The van der Waals surface area contributed by atoms with Crippen LogP contribution < -0.4 is 4.74 Å². The zero-order valence-electron chi connectivity index (χ0n) is 26.5. The topological polar surface area (TPSA) is 79.0 Å². The Morgan fingerprint density at radius 1 is 1.00 bits per heavy atom. The first-order valence-electron chi connectivity index (χ1n) is 16.7. The van der Waals surface area contributed by atoms with Crippen molar-refractivity contribution in [3.05, 3.63) is 92.4 Å². The van der Waals surface area contributed by atoms with E-state index in [1.54, 1.807) is 0 Å². The molecular formula is C37H39F3N3O4+. The number of ether oxygens (including phenoxy) is 1. The summed E-state index contributed by atoms with van der Waals surface area (Å²) in [5.74, 6) is 0.748. The van der Waals surface area contributed by atoms with Crippen LogP contribution in [0.5, 0.6) is 5.75 Å². The molecule has 7 rings (SSSR count). The number of likely N-dealkylation sites (tertiary alicyclic amines) is 1. The minimum atomic E-state index is -4.70. The first kappa shape index (κ1) is 31.5. The molecule has 5 aliphatic rings. The third-order valence-electron chi connectivity index (χ3n) is 10.6. The van der Waals surface area contributed by atoms with Crippen LogP contribution in [0.15, 0.2) is 70.4 Å². The van der Waals surface area contributed by atoms with Crippen molar-refractivity contribution in [3.63, 3.8) is 0 Å². The molecule has 0 radical (unpaired) electrons. The van der Waals surface area contributed by atoms with Crippen molar-refractivity contribution in [1.29, 1.82) is 0 Å². The van der Waals surface area contributed by atoms with Crippen molar-refractivity contribution in [2.24, 2.45) is 11.1 Å². The minimum absolute atomic E-state index is 0.177. The second kappa shape index (κ2) is 12.5. The number of piperidine rings is 1. The number of para-hydroxylation sites is 1. The van der Waals surface area contributed by atoms with Gasteiger partial charge in [0.1, 0.15) is 23.5 Å². The Hall–Kier alpha value is -4.08. The van der Waals surface area contributed by atoms with E-state index in [1.807, 2.05) is 24.0 Å². The Morgan fingerprint density at radius 3 is 2.43 bits per heavy atom. The summed E-state index contributed by atoms with van der Waals surface area (Å²) < 4.78 is 49.5. The second-order valence-corrected chi connectivity index (χ2v) is 13.8. The van der Waals surface area contributed by atoms with Gasteiger partial charge < -0.3 is 9.64 Å². The fraction of sp³-hybridized carbons (Fsp3) is 0.486. The van der Waals surface area contributed by atoms with Crippen LogP contribution in [0.3, 0.4) is 0 Å². The number of hydrogen-bond donors (Lipinski definition) is 0. The lowest BCUT2D eigenvalue weighted by Gasteiger charge is -2.32. The van der Waals surface area contributed by atoms with Gasteiger partial charge in [0.15, 0.2) is 6.21 Å². The lowest BCUT2D eigenvalue weighted by molar-refractivity contribution is -0.369. The fourth-order valence-electron chi connectivity index (χ4n) is 7.90. The summed E-state index contributed by atoms with van der Waals surface area (Å²) in [5.41, 5.74) is 4.05. The van der Waals surface area contributed by atoms with Gasteiger partial charge in [-0.2, -0.15) is 13.2 Å². The van der Waals surface area contributed by atoms with Gasteiger partial charge in [-0.05, 0) is 86.0 Å². The highest BCUT2D eigenvalue weighted by atomic mass is 19.4. The number of halogens is 3. The predicted octanol–water partition coefficient (Wildman–Crippen LogP) is 7.27. The maximum atomic E-state index is 13.8. The van der Waals surface area contributed by atoms with Crippen molar-refractivity contribution < 1.29 is 32.1 Å². The Bertz CT molecular complexity index is 1680. The van der Waals surface area contributed by atoms with Crippen LogP contribution in [0.4, 0.5) is 13.2 Å². The van der Waals surface area contributed by atoms with Crippen LogP contribution in [0, 0.1) is 17.7 Å². The smallest absolute Gasteiger partial charge is 0.420 e. The minimum Gasteiger partial charge on any atom is -0.488 e. The molecule has 3 unspecified atom stereocenters. The van der Waals surface area contributed by atoms with E-state index >= 15 is 0 Å². The standard InChI is InChI=1S/C37H39F3N3O4/c1-22-4-2-7-29(28-6-3-5-24(18-28)19-31-33-32(37(38,39)40)30(20-43(31)33)35(44)41-46)34(22)47-21-23-8-10-25(11-9-23)26-14-16-42(17-15-26)36(45)27-12-13-27/h2,4-5,7-11,20,26-28,31,33H,3,6,12-19,21H2,1H3/q+1. The highest BCUT2D eigenvalue weighted by Gasteiger charge is 2.68. The molecule has 1 saturated carbocycles. The fourth-order valence-corrected chi connectivity index (χ4v) is 7.90. The Kier molecular flexibility index (Phi) is 8.39. The normalized spacial score (nSPS) is 24.4. The van der Waals surface area contributed by atoms with Gasteiger partial charge in [-0.25, -0.2) is 4.58 Å². The molecule has 0 N–H and O–H groups in total. The SMILES string of the molecule is Cc1cccc(C2CCC=C(CC3C4C(C(F)(F)F)=C(C(=O)N=O)C=[N+]34)C2)c1OCc1ccc(C2CCN(C(=O)C3CC3)CC2)cc1. The molecule has 2 amide bonds. The van der Waals surface area contributed by atoms with Gasteiger partial charge in [-0.1, -0.05) is 54.1 Å². The van der Waals surface area contributed by atoms with Gasteiger partial charge in [0, 0.05) is 30.6 Å². The summed E-state index contributed by atoms with van der Waals surface area (Å²) in [7, 11) is 0. The maximum absolute atomic E-state index is 13.8. The number of benzene rings is 2. The number of alkyl halides is 3. The van der Waals surface area contributed by atoms with Crippen molar-refractivity contribution in [2.75, 3.05) is 13.1 Å². The molecule has 246 valence electrons. The number of nitroso groups, excluding NO2 is 1. The monoisotopic (exact) mass is 646 g/mol. The van der Waals surface area contributed by atoms with Crippen LogP contribution in [-0.2, 0) is 16.2 Å². The summed E-state index contributed by atoms with van der Waals surface area (Å²) in [6.45, 7) is 4.14. The number of rotatable bonds is 9.